The summed E-state index contributed by atoms with van der Waals surface area (Å²) in [4.78, 5) is 12.7. The minimum Gasteiger partial charge on any atom is -0.454 e. The van der Waals surface area contributed by atoms with Crippen molar-refractivity contribution in [2.24, 2.45) is 0 Å². The van der Waals surface area contributed by atoms with E-state index in [-0.39, 0.29) is 30.1 Å². The van der Waals surface area contributed by atoms with Gasteiger partial charge in [0.1, 0.15) is 0 Å². The van der Waals surface area contributed by atoms with Gasteiger partial charge in [-0.2, -0.15) is 0 Å². The van der Waals surface area contributed by atoms with Crippen LogP contribution < -0.4 is 19.5 Å². The third-order valence-corrected chi connectivity index (χ3v) is 6.98. The minimum absolute atomic E-state index is 0.0333. The molecule has 1 heterocycles. The fraction of sp³-hybridized carbons (Fsp3) is 0.240. The molecular formula is C25H26N2O5S. The molecule has 0 bridgehead atoms. The number of carbonyl (C=O) groups is 1. The molecule has 0 radical (unpaired) electrons. The minimum atomic E-state index is -3.81. The average Bonchev–Trinajstić information content (AvgIpc) is 3.32. The van der Waals surface area contributed by atoms with E-state index in [9.17, 15) is 13.2 Å². The van der Waals surface area contributed by atoms with Gasteiger partial charge in [-0.1, -0.05) is 49.4 Å². The van der Waals surface area contributed by atoms with Gasteiger partial charge in [0.25, 0.3) is 5.91 Å². The largest absolute Gasteiger partial charge is 0.454 e. The quantitative estimate of drug-likeness (QED) is 0.500. The molecule has 0 spiro atoms. The third kappa shape index (κ3) is 5.53. The van der Waals surface area contributed by atoms with Gasteiger partial charge in [-0.25, -0.2) is 13.1 Å². The fourth-order valence-corrected chi connectivity index (χ4v) is 4.72. The van der Waals surface area contributed by atoms with E-state index < -0.39 is 10.0 Å². The molecule has 3 aromatic carbocycles. The first-order valence-electron chi connectivity index (χ1n) is 10.8. The van der Waals surface area contributed by atoms with Gasteiger partial charge in [-0.05, 0) is 47.9 Å². The van der Waals surface area contributed by atoms with Crippen molar-refractivity contribution in [3.8, 4) is 11.5 Å². The summed E-state index contributed by atoms with van der Waals surface area (Å²) in [6, 6.07) is 21.3. The molecule has 0 aromatic heterocycles. The highest BCUT2D eigenvalue weighted by molar-refractivity contribution is 7.89. The summed E-state index contributed by atoms with van der Waals surface area (Å²) < 4.78 is 38.8. The predicted molar refractivity (Wildman–Crippen MR) is 125 cm³/mol. The number of hydrogen-bond donors (Lipinski definition) is 2. The molecule has 4 rings (SSSR count). The topological polar surface area (TPSA) is 93.7 Å². The lowest BCUT2D eigenvalue weighted by Crippen LogP contribution is -2.29. The maximum absolute atomic E-state index is 12.8. The average molecular weight is 467 g/mol. The highest BCUT2D eigenvalue weighted by Crippen LogP contribution is 2.32. The molecule has 8 heteroatoms. The SMILES string of the molecule is CCC(CNC(=O)c1cccc(S(=O)(=O)NCc2ccc3c(c2)OCO3)c1)c1ccccc1. The summed E-state index contributed by atoms with van der Waals surface area (Å²) in [7, 11) is -3.81. The Morgan fingerprint density at radius 2 is 1.76 bits per heavy atom. The zero-order chi connectivity index (χ0) is 23.3. The molecule has 1 aliphatic rings. The second-order valence-corrected chi connectivity index (χ2v) is 9.53. The molecule has 0 saturated heterocycles. The maximum Gasteiger partial charge on any atom is 0.251 e. The molecule has 0 fully saturated rings. The number of rotatable bonds is 9. The van der Waals surface area contributed by atoms with Crippen LogP contribution in [0.2, 0.25) is 0 Å². The smallest absolute Gasteiger partial charge is 0.251 e. The lowest BCUT2D eigenvalue weighted by Gasteiger charge is -2.16. The van der Waals surface area contributed by atoms with Crippen molar-refractivity contribution in [2.45, 2.75) is 30.7 Å². The number of sulfonamides is 1. The van der Waals surface area contributed by atoms with Crippen LogP contribution in [0.4, 0.5) is 0 Å². The number of carbonyl (C=O) groups excluding carboxylic acids is 1. The van der Waals surface area contributed by atoms with Crippen molar-refractivity contribution in [3.63, 3.8) is 0 Å². The second-order valence-electron chi connectivity index (χ2n) is 7.77. The van der Waals surface area contributed by atoms with E-state index in [0.717, 1.165) is 17.5 Å². The van der Waals surface area contributed by atoms with Gasteiger partial charge in [0, 0.05) is 24.6 Å². The zero-order valence-electron chi connectivity index (χ0n) is 18.3. The van der Waals surface area contributed by atoms with E-state index in [2.05, 4.69) is 17.0 Å². The summed E-state index contributed by atoms with van der Waals surface area (Å²) in [5.74, 6) is 1.10. The van der Waals surface area contributed by atoms with Gasteiger partial charge in [0.15, 0.2) is 11.5 Å². The summed E-state index contributed by atoms with van der Waals surface area (Å²) in [5.41, 5.74) is 2.19. The maximum atomic E-state index is 12.8. The van der Waals surface area contributed by atoms with Gasteiger partial charge in [-0.15, -0.1) is 0 Å². The van der Waals surface area contributed by atoms with Crippen LogP contribution >= 0.6 is 0 Å². The lowest BCUT2D eigenvalue weighted by molar-refractivity contribution is 0.0950. The van der Waals surface area contributed by atoms with Gasteiger partial charge < -0.3 is 14.8 Å². The number of benzene rings is 3. The first-order valence-corrected chi connectivity index (χ1v) is 12.3. The molecule has 1 aliphatic heterocycles. The first-order chi connectivity index (χ1) is 16.0. The van der Waals surface area contributed by atoms with Crippen LogP contribution in [0.5, 0.6) is 11.5 Å². The van der Waals surface area contributed by atoms with Crippen LogP contribution in [0.25, 0.3) is 0 Å². The van der Waals surface area contributed by atoms with Crippen LogP contribution in [-0.4, -0.2) is 27.7 Å². The number of hydrogen-bond acceptors (Lipinski definition) is 5. The first kappa shape index (κ1) is 22.8. The molecule has 1 amide bonds. The highest BCUT2D eigenvalue weighted by Gasteiger charge is 2.19. The van der Waals surface area contributed by atoms with Gasteiger partial charge >= 0.3 is 0 Å². The van der Waals surface area contributed by atoms with Crippen molar-refractivity contribution in [2.75, 3.05) is 13.3 Å². The van der Waals surface area contributed by atoms with Gasteiger partial charge in [0.2, 0.25) is 16.8 Å². The van der Waals surface area contributed by atoms with E-state index in [1.165, 1.54) is 12.1 Å². The van der Waals surface area contributed by atoms with Crippen LogP contribution in [0.3, 0.4) is 0 Å². The normalized spacial score (nSPS) is 13.5. The second kappa shape index (κ2) is 10.1. The molecular weight excluding hydrogens is 440 g/mol. The number of ether oxygens (including phenoxy) is 2. The molecule has 172 valence electrons. The summed E-state index contributed by atoms with van der Waals surface area (Å²) in [6.07, 6.45) is 0.877. The summed E-state index contributed by atoms with van der Waals surface area (Å²) >= 11 is 0. The van der Waals surface area contributed by atoms with Crippen LogP contribution in [0.1, 0.15) is 40.7 Å². The van der Waals surface area contributed by atoms with E-state index in [0.29, 0.717) is 23.6 Å². The van der Waals surface area contributed by atoms with Crippen molar-refractivity contribution >= 4 is 15.9 Å². The van der Waals surface area contributed by atoms with Gasteiger partial charge in [0.05, 0.1) is 4.90 Å². The standard InChI is InChI=1S/C25H26N2O5S/c1-2-19(20-7-4-3-5-8-20)16-26-25(28)21-9-6-10-22(14-21)33(29,30)27-15-18-11-12-23-24(13-18)32-17-31-23/h3-14,19,27H,2,15-17H2,1H3,(H,26,28). The molecule has 2 N–H and O–H groups in total. The van der Waals surface area contributed by atoms with E-state index >= 15 is 0 Å². The van der Waals surface area contributed by atoms with E-state index in [1.807, 2.05) is 30.3 Å². The molecule has 1 unspecified atom stereocenters. The molecule has 7 nitrogen and oxygen atoms in total. The van der Waals surface area contributed by atoms with Crippen LogP contribution in [0, 0.1) is 0 Å². The third-order valence-electron chi connectivity index (χ3n) is 5.58. The van der Waals surface area contributed by atoms with E-state index in [1.54, 1.807) is 30.3 Å². The van der Waals surface area contributed by atoms with Crippen molar-refractivity contribution in [3.05, 3.63) is 89.5 Å². The van der Waals surface area contributed by atoms with Crippen molar-refractivity contribution in [1.82, 2.24) is 10.0 Å². The fourth-order valence-electron chi connectivity index (χ4n) is 3.66. The zero-order valence-corrected chi connectivity index (χ0v) is 19.1. The Hall–Kier alpha value is -3.36. The molecule has 3 aromatic rings. The number of fused-ring (bicyclic) bond motifs is 1. The Balaban J connectivity index is 1.40. The van der Waals surface area contributed by atoms with Crippen LogP contribution in [0.15, 0.2) is 77.7 Å². The summed E-state index contributed by atoms with van der Waals surface area (Å²) in [6.45, 7) is 2.79. The summed E-state index contributed by atoms with van der Waals surface area (Å²) in [5, 5.41) is 2.93. The van der Waals surface area contributed by atoms with Crippen LogP contribution in [-0.2, 0) is 16.6 Å². The lowest BCUT2D eigenvalue weighted by atomic mass is 9.96. The number of amides is 1. The highest BCUT2D eigenvalue weighted by atomic mass is 32.2. The number of nitrogens with one attached hydrogen (secondary N) is 2. The molecule has 0 aliphatic carbocycles. The monoisotopic (exact) mass is 466 g/mol. The Morgan fingerprint density at radius 3 is 2.55 bits per heavy atom. The van der Waals surface area contributed by atoms with Gasteiger partial charge in [-0.3, -0.25) is 4.79 Å². The predicted octanol–water partition coefficient (Wildman–Crippen LogP) is 3.82. The molecule has 33 heavy (non-hydrogen) atoms. The Morgan fingerprint density at radius 1 is 0.970 bits per heavy atom. The Kier molecular flexibility index (Phi) is 6.96. The Labute approximate surface area is 193 Å². The van der Waals surface area contributed by atoms with E-state index in [4.69, 9.17) is 9.47 Å². The molecule has 0 saturated carbocycles. The van der Waals surface area contributed by atoms with Crippen molar-refractivity contribution < 1.29 is 22.7 Å². The Bertz CT molecular complexity index is 1230. The van der Waals surface area contributed by atoms with Crippen molar-refractivity contribution in [1.29, 1.82) is 0 Å². The molecule has 1 atom stereocenters.